The SMILES string of the molecule is COc1ccc(/C=C/C(=O)c2ccc([N+](=O)[O-])cc2)cc1OC. The maximum absolute atomic E-state index is 12.1. The molecule has 0 N–H and O–H groups in total. The standard InChI is InChI=1S/C17H15NO5/c1-22-16-10-4-12(11-17(16)23-2)3-9-15(19)13-5-7-14(8-6-13)18(20)21/h3-11H,1-2H3/b9-3+. The predicted octanol–water partition coefficient (Wildman–Crippen LogP) is 3.51. The van der Waals surface area contributed by atoms with Gasteiger partial charge in [0.1, 0.15) is 0 Å². The van der Waals surface area contributed by atoms with E-state index in [1.165, 1.54) is 37.5 Å². The Morgan fingerprint density at radius 3 is 2.26 bits per heavy atom. The highest BCUT2D eigenvalue weighted by atomic mass is 16.6. The van der Waals surface area contributed by atoms with Crippen LogP contribution in [0, 0.1) is 10.1 Å². The lowest BCUT2D eigenvalue weighted by Crippen LogP contribution is -1.95. The van der Waals surface area contributed by atoms with Crippen molar-refractivity contribution in [3.63, 3.8) is 0 Å². The third-order valence-electron chi connectivity index (χ3n) is 3.20. The van der Waals surface area contributed by atoms with Gasteiger partial charge in [-0.3, -0.25) is 14.9 Å². The van der Waals surface area contributed by atoms with E-state index in [4.69, 9.17) is 9.47 Å². The van der Waals surface area contributed by atoms with Gasteiger partial charge in [0.25, 0.3) is 5.69 Å². The molecule has 0 aliphatic carbocycles. The van der Waals surface area contributed by atoms with Gasteiger partial charge in [-0.25, -0.2) is 0 Å². The van der Waals surface area contributed by atoms with Crippen LogP contribution >= 0.6 is 0 Å². The molecule has 0 aliphatic rings. The van der Waals surface area contributed by atoms with Crippen LogP contribution in [0.3, 0.4) is 0 Å². The van der Waals surface area contributed by atoms with E-state index in [1.807, 2.05) is 0 Å². The Hall–Kier alpha value is -3.15. The van der Waals surface area contributed by atoms with Crippen LogP contribution in [-0.4, -0.2) is 24.9 Å². The first-order valence-electron chi connectivity index (χ1n) is 6.74. The Bertz CT molecular complexity index is 750. The third-order valence-corrected chi connectivity index (χ3v) is 3.20. The number of rotatable bonds is 6. The number of carbonyl (C=O) groups excluding carboxylic acids is 1. The minimum atomic E-state index is -0.506. The summed E-state index contributed by atoms with van der Waals surface area (Å²) in [6.07, 6.45) is 3.05. The number of benzene rings is 2. The second kappa shape index (κ2) is 7.22. The van der Waals surface area contributed by atoms with Crippen molar-refractivity contribution in [2.45, 2.75) is 0 Å². The molecule has 118 valence electrons. The lowest BCUT2D eigenvalue weighted by molar-refractivity contribution is -0.384. The van der Waals surface area contributed by atoms with Crippen LogP contribution in [0.25, 0.3) is 6.08 Å². The highest BCUT2D eigenvalue weighted by Crippen LogP contribution is 2.28. The number of hydrogen-bond acceptors (Lipinski definition) is 5. The smallest absolute Gasteiger partial charge is 0.269 e. The number of ether oxygens (including phenoxy) is 2. The van der Waals surface area contributed by atoms with Crippen molar-refractivity contribution in [2.24, 2.45) is 0 Å². The van der Waals surface area contributed by atoms with E-state index in [-0.39, 0.29) is 11.5 Å². The molecule has 0 saturated carbocycles. The van der Waals surface area contributed by atoms with E-state index in [1.54, 1.807) is 31.4 Å². The van der Waals surface area contributed by atoms with Gasteiger partial charge < -0.3 is 9.47 Å². The minimum Gasteiger partial charge on any atom is -0.493 e. The molecule has 2 rings (SSSR count). The summed E-state index contributed by atoms with van der Waals surface area (Å²) in [6.45, 7) is 0. The minimum absolute atomic E-state index is 0.0505. The molecule has 23 heavy (non-hydrogen) atoms. The fourth-order valence-corrected chi connectivity index (χ4v) is 1.97. The van der Waals surface area contributed by atoms with Crippen molar-refractivity contribution in [2.75, 3.05) is 14.2 Å². The fourth-order valence-electron chi connectivity index (χ4n) is 1.97. The normalized spacial score (nSPS) is 10.5. The van der Waals surface area contributed by atoms with Gasteiger partial charge in [0, 0.05) is 17.7 Å². The molecule has 2 aromatic rings. The van der Waals surface area contributed by atoms with Gasteiger partial charge in [0.05, 0.1) is 19.1 Å². The van der Waals surface area contributed by atoms with Gasteiger partial charge in [-0.05, 0) is 35.9 Å². The highest BCUT2D eigenvalue weighted by Gasteiger charge is 2.07. The van der Waals surface area contributed by atoms with E-state index in [0.29, 0.717) is 17.1 Å². The van der Waals surface area contributed by atoms with Gasteiger partial charge in [-0.1, -0.05) is 12.1 Å². The average molecular weight is 313 g/mol. The number of hydrogen-bond donors (Lipinski definition) is 0. The first-order chi connectivity index (χ1) is 11.0. The summed E-state index contributed by atoms with van der Waals surface area (Å²) in [6, 6.07) is 10.8. The van der Waals surface area contributed by atoms with Crippen molar-refractivity contribution in [3.8, 4) is 11.5 Å². The predicted molar refractivity (Wildman–Crippen MR) is 86.0 cm³/mol. The Morgan fingerprint density at radius 1 is 1.04 bits per heavy atom. The third kappa shape index (κ3) is 3.94. The van der Waals surface area contributed by atoms with Crippen LogP contribution in [0.1, 0.15) is 15.9 Å². The van der Waals surface area contributed by atoms with Crippen molar-refractivity contribution in [3.05, 3.63) is 69.8 Å². The highest BCUT2D eigenvalue weighted by molar-refractivity contribution is 6.06. The van der Waals surface area contributed by atoms with Crippen LogP contribution in [0.15, 0.2) is 48.5 Å². The lowest BCUT2D eigenvalue weighted by atomic mass is 10.1. The molecule has 0 unspecified atom stereocenters. The number of methoxy groups -OCH3 is 2. The van der Waals surface area contributed by atoms with E-state index in [0.717, 1.165) is 5.56 Å². The molecule has 0 amide bonds. The molecule has 0 aromatic heterocycles. The number of non-ortho nitro benzene ring substituents is 1. The van der Waals surface area contributed by atoms with Gasteiger partial charge in [-0.15, -0.1) is 0 Å². The summed E-state index contributed by atoms with van der Waals surface area (Å²) in [7, 11) is 3.08. The Morgan fingerprint density at radius 2 is 1.70 bits per heavy atom. The maximum Gasteiger partial charge on any atom is 0.269 e. The van der Waals surface area contributed by atoms with Gasteiger partial charge >= 0.3 is 0 Å². The van der Waals surface area contributed by atoms with Crippen LogP contribution in [0.4, 0.5) is 5.69 Å². The summed E-state index contributed by atoms with van der Waals surface area (Å²) >= 11 is 0. The molecule has 0 saturated heterocycles. The molecule has 0 fully saturated rings. The van der Waals surface area contributed by atoms with Crippen LogP contribution in [0.2, 0.25) is 0 Å². The Balaban J connectivity index is 2.16. The molecular weight excluding hydrogens is 298 g/mol. The molecule has 6 heteroatoms. The Kier molecular flexibility index (Phi) is 5.09. The summed E-state index contributed by atoms with van der Waals surface area (Å²) in [5, 5.41) is 10.6. The van der Waals surface area contributed by atoms with Crippen molar-refractivity contribution >= 4 is 17.5 Å². The summed E-state index contributed by atoms with van der Waals surface area (Å²) in [5.41, 5.74) is 1.11. The molecule has 0 bridgehead atoms. The summed E-state index contributed by atoms with van der Waals surface area (Å²) < 4.78 is 10.3. The van der Waals surface area contributed by atoms with Crippen LogP contribution in [-0.2, 0) is 0 Å². The molecule has 0 aliphatic heterocycles. The molecular formula is C17H15NO5. The van der Waals surface area contributed by atoms with Crippen LogP contribution in [0.5, 0.6) is 11.5 Å². The molecule has 0 heterocycles. The maximum atomic E-state index is 12.1. The van der Waals surface area contributed by atoms with Crippen molar-refractivity contribution < 1.29 is 19.2 Å². The van der Waals surface area contributed by atoms with Gasteiger partial charge in [-0.2, -0.15) is 0 Å². The number of allylic oxidation sites excluding steroid dienone is 1. The largest absolute Gasteiger partial charge is 0.493 e. The first kappa shape index (κ1) is 16.2. The monoisotopic (exact) mass is 313 g/mol. The van der Waals surface area contributed by atoms with Gasteiger partial charge in [0.15, 0.2) is 17.3 Å². The number of ketones is 1. The average Bonchev–Trinajstić information content (AvgIpc) is 2.59. The van der Waals surface area contributed by atoms with E-state index >= 15 is 0 Å². The van der Waals surface area contributed by atoms with E-state index in [9.17, 15) is 14.9 Å². The van der Waals surface area contributed by atoms with Crippen LogP contribution < -0.4 is 9.47 Å². The second-order valence-electron chi connectivity index (χ2n) is 4.62. The molecule has 0 atom stereocenters. The number of nitrogens with zero attached hydrogens (tertiary/aromatic N) is 1. The lowest BCUT2D eigenvalue weighted by Gasteiger charge is -2.07. The summed E-state index contributed by atoms with van der Waals surface area (Å²) in [5.74, 6) is 0.929. The Labute approximate surface area is 133 Å². The number of nitro groups is 1. The van der Waals surface area contributed by atoms with Gasteiger partial charge in [0.2, 0.25) is 0 Å². The quantitative estimate of drug-likeness (QED) is 0.353. The number of carbonyl (C=O) groups is 1. The zero-order valence-corrected chi connectivity index (χ0v) is 12.7. The molecule has 6 nitrogen and oxygen atoms in total. The zero-order valence-electron chi connectivity index (χ0n) is 12.7. The van der Waals surface area contributed by atoms with Crippen molar-refractivity contribution in [1.82, 2.24) is 0 Å². The second-order valence-corrected chi connectivity index (χ2v) is 4.62. The topological polar surface area (TPSA) is 78.7 Å². The van der Waals surface area contributed by atoms with E-state index in [2.05, 4.69) is 0 Å². The fraction of sp³-hybridized carbons (Fsp3) is 0.118. The molecule has 0 radical (unpaired) electrons. The first-order valence-corrected chi connectivity index (χ1v) is 6.74. The van der Waals surface area contributed by atoms with Crippen molar-refractivity contribution in [1.29, 1.82) is 0 Å². The molecule has 2 aromatic carbocycles. The van der Waals surface area contributed by atoms with E-state index < -0.39 is 4.92 Å². The molecule has 0 spiro atoms. The zero-order chi connectivity index (χ0) is 16.8. The summed E-state index contributed by atoms with van der Waals surface area (Å²) in [4.78, 5) is 22.1. The number of nitro benzene ring substituents is 1.